The van der Waals surface area contributed by atoms with E-state index in [1.165, 1.54) is 0 Å². The molecule has 136 valence electrons. The highest BCUT2D eigenvalue weighted by Crippen LogP contribution is 2.26. The Morgan fingerprint density at radius 3 is 1.14 bits per heavy atom. The minimum absolute atomic E-state index is 0.143. The molecule has 0 spiro atoms. The summed E-state index contributed by atoms with van der Waals surface area (Å²) in [6, 6.07) is 23.1. The average Bonchev–Trinajstić information content (AvgIpc) is 2.67. The van der Waals surface area contributed by atoms with Crippen molar-refractivity contribution in [3.05, 3.63) is 123 Å². The van der Waals surface area contributed by atoms with Crippen molar-refractivity contribution in [1.29, 1.82) is 0 Å². The fraction of sp³-hybridized carbons (Fsp3) is 0. The van der Waals surface area contributed by atoms with Gasteiger partial charge in [-0.05, 0) is 45.1 Å². The molecule has 1 aliphatic carbocycles. The van der Waals surface area contributed by atoms with E-state index in [-0.39, 0.29) is 11.5 Å². The van der Waals surface area contributed by atoms with E-state index < -0.39 is 0 Å². The van der Waals surface area contributed by atoms with E-state index in [9.17, 15) is 10.2 Å². The summed E-state index contributed by atoms with van der Waals surface area (Å²) in [6.07, 6.45) is 0. The summed E-state index contributed by atoms with van der Waals surface area (Å²) in [6.45, 7) is 0. The molecule has 1 aliphatic rings. The Hall–Kier alpha value is -2.56. The van der Waals surface area contributed by atoms with Gasteiger partial charge in [0.1, 0.15) is 11.5 Å². The third kappa shape index (κ3) is 2.45. The molecule has 0 fully saturated rings. The lowest BCUT2D eigenvalue weighted by Gasteiger charge is -2.07. The van der Waals surface area contributed by atoms with Crippen molar-refractivity contribution in [3.63, 3.8) is 0 Å². The molecule has 4 aromatic rings. The average molecular weight is 494 g/mol. The van der Waals surface area contributed by atoms with Crippen LogP contribution >= 0.6 is 31.9 Å². The number of phenols is 2. The molecule has 0 heterocycles. The van der Waals surface area contributed by atoms with Gasteiger partial charge in [-0.3, -0.25) is 0 Å². The van der Waals surface area contributed by atoms with E-state index in [0.29, 0.717) is 10.4 Å². The van der Waals surface area contributed by atoms with Crippen LogP contribution in [-0.4, -0.2) is 10.2 Å². The largest absolute Gasteiger partial charge is 0.507 e. The molecule has 2 N–H and O–H groups in total. The standard InChI is InChI=1S/C24H14Br2O2/c25-17-9-1-5-13-15-7-3-11-19(27)23(15)24-16(8-4-12-20(24)28)14-6-2-10-18(26)22(14)21(13)17/h1-12,27-28H/b15-13-,16-14-,22-21-,24-23-. The number of aromatic hydroxyl groups is 2. The molecule has 28 heavy (non-hydrogen) atoms. The molecule has 0 aromatic heterocycles. The predicted molar refractivity (Wildman–Crippen MR) is 115 cm³/mol. The van der Waals surface area contributed by atoms with Crippen LogP contribution in [0, 0.1) is 41.7 Å². The minimum atomic E-state index is 0.143. The first-order valence-corrected chi connectivity index (χ1v) is 10.4. The summed E-state index contributed by atoms with van der Waals surface area (Å²) < 4.78 is 1.94. The molecule has 0 amide bonds. The number of halogens is 2. The van der Waals surface area contributed by atoms with Gasteiger partial charge < -0.3 is 10.2 Å². The molecule has 0 saturated carbocycles. The first kappa shape index (κ1) is 17.5. The van der Waals surface area contributed by atoms with E-state index in [1.54, 1.807) is 12.1 Å². The minimum Gasteiger partial charge on any atom is -0.507 e. The SMILES string of the molecule is Oc1cccc2/c1=c1/c(O)ccc/c1=c1\cccc(Br)\c1=c1/c(Br)ccc/c1=2. The summed E-state index contributed by atoms with van der Waals surface area (Å²) in [5.41, 5.74) is 0. The zero-order valence-electron chi connectivity index (χ0n) is 14.6. The highest BCUT2D eigenvalue weighted by atomic mass is 79.9. The third-order valence-electron chi connectivity index (χ3n) is 5.19. The Morgan fingerprint density at radius 2 is 0.750 bits per heavy atom. The van der Waals surface area contributed by atoms with Crippen molar-refractivity contribution in [3.8, 4) is 11.5 Å². The van der Waals surface area contributed by atoms with Crippen LogP contribution in [0.2, 0.25) is 0 Å². The Kier molecular flexibility index (Phi) is 4.07. The summed E-state index contributed by atoms with van der Waals surface area (Å²) in [4.78, 5) is 0. The van der Waals surface area contributed by atoms with E-state index in [0.717, 1.165) is 40.3 Å². The van der Waals surface area contributed by atoms with Gasteiger partial charge in [-0.25, -0.2) is 0 Å². The van der Waals surface area contributed by atoms with Gasteiger partial charge in [0, 0.05) is 29.8 Å². The Bertz CT molecular complexity index is 1410. The maximum absolute atomic E-state index is 10.8. The number of hydrogen-bond donors (Lipinski definition) is 2. The van der Waals surface area contributed by atoms with Crippen LogP contribution in [0.4, 0.5) is 0 Å². The molecule has 0 aliphatic heterocycles. The number of phenolic OH excluding ortho intramolecular Hbond substituents is 2. The van der Waals surface area contributed by atoms with Gasteiger partial charge in [0.25, 0.3) is 0 Å². The number of fused-ring (bicyclic) bond motifs is 4. The maximum Gasteiger partial charge on any atom is 0.124 e. The number of hydrogen-bond acceptors (Lipinski definition) is 2. The quantitative estimate of drug-likeness (QED) is 0.274. The Labute approximate surface area is 176 Å². The molecule has 0 unspecified atom stereocenters. The molecule has 0 bridgehead atoms. The second-order valence-corrected chi connectivity index (χ2v) is 8.43. The van der Waals surface area contributed by atoms with Crippen molar-refractivity contribution < 1.29 is 10.2 Å². The summed E-state index contributed by atoms with van der Waals surface area (Å²) in [5, 5.41) is 28.7. The van der Waals surface area contributed by atoms with Crippen LogP contribution < -0.4 is 0 Å². The van der Waals surface area contributed by atoms with Gasteiger partial charge in [0.05, 0.1) is 0 Å². The topological polar surface area (TPSA) is 40.5 Å². The zero-order valence-corrected chi connectivity index (χ0v) is 17.8. The molecule has 2 nitrogen and oxygen atoms in total. The highest BCUT2D eigenvalue weighted by Gasteiger charge is 2.08. The van der Waals surface area contributed by atoms with E-state index in [1.807, 2.05) is 60.7 Å². The molecule has 4 aromatic carbocycles. The normalized spacial score (nSPS) is 16.6. The summed E-state index contributed by atoms with van der Waals surface area (Å²) >= 11 is 7.48. The first-order valence-electron chi connectivity index (χ1n) is 8.80. The molecule has 5 rings (SSSR count). The molecular formula is C24H14Br2O2. The summed E-state index contributed by atoms with van der Waals surface area (Å²) in [5.74, 6) is 0.286. The van der Waals surface area contributed by atoms with Gasteiger partial charge >= 0.3 is 0 Å². The fourth-order valence-electron chi connectivity index (χ4n) is 4.06. The fourth-order valence-corrected chi connectivity index (χ4v) is 5.19. The van der Waals surface area contributed by atoms with Gasteiger partial charge in [0.2, 0.25) is 0 Å². The molecule has 4 heteroatoms. The van der Waals surface area contributed by atoms with Gasteiger partial charge in [0.15, 0.2) is 0 Å². The van der Waals surface area contributed by atoms with Crippen LogP contribution in [0.5, 0.6) is 11.5 Å². The molecule has 0 radical (unpaired) electrons. The van der Waals surface area contributed by atoms with E-state index in [2.05, 4.69) is 31.9 Å². The van der Waals surface area contributed by atoms with Crippen molar-refractivity contribution in [1.82, 2.24) is 0 Å². The lowest BCUT2D eigenvalue weighted by Crippen LogP contribution is -1.92. The van der Waals surface area contributed by atoms with Gasteiger partial charge in [-0.1, -0.05) is 80.4 Å². The van der Waals surface area contributed by atoms with Crippen LogP contribution in [0.25, 0.3) is 0 Å². The molecule has 0 atom stereocenters. The van der Waals surface area contributed by atoms with Crippen molar-refractivity contribution >= 4 is 31.9 Å². The van der Waals surface area contributed by atoms with Crippen LogP contribution in [0.3, 0.4) is 0 Å². The lowest BCUT2D eigenvalue weighted by molar-refractivity contribution is 0.461. The van der Waals surface area contributed by atoms with E-state index >= 15 is 0 Å². The second kappa shape index (κ2) is 6.50. The van der Waals surface area contributed by atoms with E-state index in [4.69, 9.17) is 0 Å². The first-order chi connectivity index (χ1) is 13.6. The predicted octanol–water partition coefficient (Wildman–Crippen LogP) is 6.08. The van der Waals surface area contributed by atoms with Gasteiger partial charge in [-0.15, -0.1) is 0 Å². The van der Waals surface area contributed by atoms with Crippen molar-refractivity contribution in [2.45, 2.75) is 0 Å². The van der Waals surface area contributed by atoms with Crippen LogP contribution in [0.15, 0.2) is 81.7 Å². The molecular weight excluding hydrogens is 480 g/mol. The Morgan fingerprint density at radius 1 is 0.429 bits per heavy atom. The lowest BCUT2D eigenvalue weighted by atomic mass is 10.0. The second-order valence-electron chi connectivity index (χ2n) is 6.72. The smallest absolute Gasteiger partial charge is 0.124 e. The Balaban J connectivity index is 2.54. The number of benzene rings is 4. The third-order valence-corrected chi connectivity index (χ3v) is 6.51. The van der Waals surface area contributed by atoms with Crippen molar-refractivity contribution in [2.75, 3.05) is 0 Å². The van der Waals surface area contributed by atoms with Crippen LogP contribution in [-0.2, 0) is 0 Å². The monoisotopic (exact) mass is 492 g/mol. The zero-order chi connectivity index (χ0) is 19.4. The van der Waals surface area contributed by atoms with Crippen LogP contribution in [0.1, 0.15) is 0 Å². The number of rotatable bonds is 0. The van der Waals surface area contributed by atoms with Crippen molar-refractivity contribution in [2.24, 2.45) is 0 Å². The molecule has 0 saturated heterocycles. The maximum atomic E-state index is 10.8. The highest BCUT2D eigenvalue weighted by molar-refractivity contribution is 9.10. The summed E-state index contributed by atoms with van der Waals surface area (Å²) in [7, 11) is 0. The van der Waals surface area contributed by atoms with Gasteiger partial charge in [-0.2, -0.15) is 0 Å².